The summed E-state index contributed by atoms with van der Waals surface area (Å²) in [5.74, 6) is 0.223. The Labute approximate surface area is 150 Å². The molecule has 3 heterocycles. The number of alkyl halides is 3. The summed E-state index contributed by atoms with van der Waals surface area (Å²) in [6, 6.07) is 8.49. The third-order valence-electron chi connectivity index (χ3n) is 5.88. The number of piperidine rings is 1. The SMILES string of the molecule is C.FC(F)(F)c1nnc2n1CCN(c1ccc(C34CNCC3C4)cc1)C2. The molecule has 1 saturated heterocycles. The number of anilines is 1. The molecule has 1 N–H and O–H groups in total. The number of aromatic nitrogens is 3. The van der Waals surface area contributed by atoms with Crippen molar-refractivity contribution in [1.29, 1.82) is 0 Å². The molecule has 140 valence electrons. The van der Waals surface area contributed by atoms with Gasteiger partial charge in [0.2, 0.25) is 5.82 Å². The van der Waals surface area contributed by atoms with Crippen molar-refractivity contribution >= 4 is 5.69 Å². The number of fused-ring (bicyclic) bond motifs is 2. The van der Waals surface area contributed by atoms with E-state index in [-0.39, 0.29) is 14.0 Å². The fourth-order valence-corrected chi connectivity index (χ4v) is 4.38. The van der Waals surface area contributed by atoms with Gasteiger partial charge in [0.1, 0.15) is 0 Å². The zero-order valence-corrected chi connectivity index (χ0v) is 13.6. The van der Waals surface area contributed by atoms with Crippen LogP contribution >= 0.6 is 0 Å². The molecule has 2 unspecified atom stereocenters. The van der Waals surface area contributed by atoms with Gasteiger partial charge in [-0.1, -0.05) is 19.6 Å². The van der Waals surface area contributed by atoms with Crippen LogP contribution < -0.4 is 10.2 Å². The second-order valence-corrected chi connectivity index (χ2v) is 7.25. The molecular weight excluding hydrogens is 343 g/mol. The van der Waals surface area contributed by atoms with Crippen molar-refractivity contribution in [3.63, 3.8) is 0 Å². The molecule has 0 amide bonds. The molecule has 2 aliphatic heterocycles. The average molecular weight is 365 g/mol. The highest BCUT2D eigenvalue weighted by molar-refractivity contribution is 5.51. The first-order valence-corrected chi connectivity index (χ1v) is 8.53. The third kappa shape index (κ3) is 2.50. The van der Waals surface area contributed by atoms with Crippen LogP contribution in [-0.2, 0) is 24.7 Å². The summed E-state index contributed by atoms with van der Waals surface area (Å²) in [7, 11) is 0. The summed E-state index contributed by atoms with van der Waals surface area (Å²) in [4.78, 5) is 2.06. The Morgan fingerprint density at radius 1 is 1.12 bits per heavy atom. The van der Waals surface area contributed by atoms with Gasteiger partial charge in [-0.2, -0.15) is 13.2 Å². The summed E-state index contributed by atoms with van der Waals surface area (Å²) >= 11 is 0. The van der Waals surface area contributed by atoms with Crippen molar-refractivity contribution in [2.75, 3.05) is 24.5 Å². The van der Waals surface area contributed by atoms with Crippen LogP contribution in [0.3, 0.4) is 0 Å². The van der Waals surface area contributed by atoms with Crippen LogP contribution in [0.4, 0.5) is 18.9 Å². The second kappa shape index (κ2) is 5.70. The van der Waals surface area contributed by atoms with Gasteiger partial charge in [0.25, 0.3) is 0 Å². The smallest absolute Gasteiger partial charge is 0.362 e. The maximum Gasteiger partial charge on any atom is 0.451 e. The molecule has 3 aliphatic rings. The number of nitrogens with zero attached hydrogens (tertiary/aromatic N) is 4. The van der Waals surface area contributed by atoms with Gasteiger partial charge in [0.05, 0.1) is 6.54 Å². The van der Waals surface area contributed by atoms with Crippen molar-refractivity contribution in [2.45, 2.75) is 38.5 Å². The van der Waals surface area contributed by atoms with E-state index in [0.717, 1.165) is 24.7 Å². The number of hydrogen-bond acceptors (Lipinski definition) is 4. The third-order valence-corrected chi connectivity index (χ3v) is 5.88. The van der Waals surface area contributed by atoms with E-state index in [1.165, 1.54) is 16.6 Å². The maximum atomic E-state index is 12.9. The van der Waals surface area contributed by atoms with E-state index in [4.69, 9.17) is 0 Å². The highest BCUT2D eigenvalue weighted by Gasteiger charge is 2.57. The van der Waals surface area contributed by atoms with Crippen molar-refractivity contribution in [2.24, 2.45) is 5.92 Å². The van der Waals surface area contributed by atoms with Crippen LogP contribution in [0.2, 0.25) is 0 Å². The molecule has 2 atom stereocenters. The van der Waals surface area contributed by atoms with E-state index in [0.29, 0.717) is 24.3 Å². The molecule has 1 aliphatic carbocycles. The molecule has 0 bridgehead atoms. The van der Waals surface area contributed by atoms with Crippen LogP contribution in [0.5, 0.6) is 0 Å². The van der Waals surface area contributed by atoms with Gasteiger partial charge in [-0.25, -0.2) is 0 Å². The molecule has 5 rings (SSSR count). The molecule has 0 spiro atoms. The molecule has 0 radical (unpaired) electrons. The Morgan fingerprint density at radius 2 is 1.88 bits per heavy atom. The van der Waals surface area contributed by atoms with Gasteiger partial charge < -0.3 is 14.8 Å². The quantitative estimate of drug-likeness (QED) is 0.889. The molecular formula is C18H22F3N5. The van der Waals surface area contributed by atoms with E-state index in [2.05, 4.69) is 44.7 Å². The van der Waals surface area contributed by atoms with Crippen LogP contribution in [0.1, 0.15) is 31.1 Å². The normalized spacial score (nSPS) is 26.9. The number of benzene rings is 1. The summed E-state index contributed by atoms with van der Waals surface area (Å²) in [5.41, 5.74) is 2.71. The largest absolute Gasteiger partial charge is 0.451 e. The predicted octanol–water partition coefficient (Wildman–Crippen LogP) is 2.81. The second-order valence-electron chi connectivity index (χ2n) is 7.25. The Hall–Kier alpha value is -2.09. The maximum absolute atomic E-state index is 12.9. The van der Waals surface area contributed by atoms with Gasteiger partial charge in [-0.3, -0.25) is 0 Å². The van der Waals surface area contributed by atoms with Crippen molar-refractivity contribution in [1.82, 2.24) is 20.1 Å². The topological polar surface area (TPSA) is 46.0 Å². The minimum Gasteiger partial charge on any atom is -0.362 e. The van der Waals surface area contributed by atoms with Gasteiger partial charge in [-0.15, -0.1) is 10.2 Å². The monoisotopic (exact) mass is 365 g/mol. The molecule has 2 aromatic rings. The number of rotatable bonds is 2. The van der Waals surface area contributed by atoms with Crippen molar-refractivity contribution < 1.29 is 13.2 Å². The van der Waals surface area contributed by atoms with Crippen molar-refractivity contribution in [3.05, 3.63) is 41.5 Å². The van der Waals surface area contributed by atoms with E-state index >= 15 is 0 Å². The van der Waals surface area contributed by atoms with Gasteiger partial charge >= 0.3 is 6.18 Å². The number of hydrogen-bond donors (Lipinski definition) is 1. The van der Waals surface area contributed by atoms with Crippen LogP contribution in [0.15, 0.2) is 24.3 Å². The highest BCUT2D eigenvalue weighted by atomic mass is 19.4. The van der Waals surface area contributed by atoms with E-state index in [1.54, 1.807) is 0 Å². The number of halogens is 3. The van der Waals surface area contributed by atoms with E-state index in [1.807, 2.05) is 0 Å². The predicted molar refractivity (Wildman–Crippen MR) is 91.9 cm³/mol. The number of nitrogens with one attached hydrogen (secondary N) is 1. The standard InChI is InChI=1S/C17H18F3N5.CH4/c18-17(19,20)15-23-22-14-9-24(5-6-25(14)15)13-3-1-11(2-4-13)16-7-12(16)8-21-10-16;/h1-4,12,21H,5-10H2;1H4. The molecule has 1 aromatic heterocycles. The zero-order chi connectivity index (χ0) is 17.2. The van der Waals surface area contributed by atoms with Crippen LogP contribution in [0.25, 0.3) is 0 Å². The lowest BCUT2D eigenvalue weighted by Gasteiger charge is -2.30. The lowest BCUT2D eigenvalue weighted by molar-refractivity contribution is -0.147. The first kappa shape index (κ1) is 17.3. The Bertz CT molecular complexity index is 813. The van der Waals surface area contributed by atoms with Gasteiger partial charge in [-0.05, 0) is 36.6 Å². The summed E-state index contributed by atoms with van der Waals surface area (Å²) in [5, 5.41) is 10.5. The Balaban J connectivity index is 0.00000168. The van der Waals surface area contributed by atoms with Crippen LogP contribution in [0, 0.1) is 5.92 Å². The summed E-state index contributed by atoms with van der Waals surface area (Å²) < 4.78 is 39.9. The fraction of sp³-hybridized carbons (Fsp3) is 0.556. The van der Waals surface area contributed by atoms with Crippen LogP contribution in [-0.4, -0.2) is 34.4 Å². The van der Waals surface area contributed by atoms with Gasteiger partial charge in [0, 0.05) is 30.7 Å². The molecule has 26 heavy (non-hydrogen) atoms. The van der Waals surface area contributed by atoms with E-state index < -0.39 is 12.0 Å². The minimum atomic E-state index is -4.45. The summed E-state index contributed by atoms with van der Waals surface area (Å²) in [6.45, 7) is 3.25. The molecule has 1 saturated carbocycles. The van der Waals surface area contributed by atoms with Gasteiger partial charge in [0.15, 0.2) is 5.82 Å². The minimum absolute atomic E-state index is 0. The lowest BCUT2D eigenvalue weighted by atomic mass is 9.95. The molecule has 5 nitrogen and oxygen atoms in total. The van der Waals surface area contributed by atoms with E-state index in [9.17, 15) is 13.2 Å². The lowest BCUT2D eigenvalue weighted by Crippen LogP contribution is -2.35. The van der Waals surface area contributed by atoms with Crippen molar-refractivity contribution in [3.8, 4) is 0 Å². The fourth-order valence-electron chi connectivity index (χ4n) is 4.38. The molecule has 1 aromatic carbocycles. The average Bonchev–Trinajstić information content (AvgIpc) is 2.95. The molecule has 2 fully saturated rings. The first-order chi connectivity index (χ1) is 12.0. The highest BCUT2D eigenvalue weighted by Crippen LogP contribution is 2.56. The Morgan fingerprint density at radius 3 is 2.50 bits per heavy atom. The molecule has 8 heteroatoms. The Kier molecular flexibility index (Phi) is 3.80. The zero-order valence-electron chi connectivity index (χ0n) is 13.6. The summed E-state index contributed by atoms with van der Waals surface area (Å²) in [6.07, 6.45) is -3.20. The first-order valence-electron chi connectivity index (χ1n) is 8.53.